The quantitative estimate of drug-likeness (QED) is 0.829. The maximum Gasteiger partial charge on any atom is 0.390 e. The maximum atomic E-state index is 12.7. The van der Waals surface area contributed by atoms with Gasteiger partial charge in [-0.3, -0.25) is 4.79 Å². The Labute approximate surface area is 109 Å². The van der Waals surface area contributed by atoms with E-state index in [0.717, 1.165) is 0 Å². The summed E-state index contributed by atoms with van der Waals surface area (Å²) >= 11 is 0. The fourth-order valence-corrected chi connectivity index (χ4v) is 2.54. The van der Waals surface area contributed by atoms with E-state index in [2.05, 4.69) is 0 Å². The molecule has 19 heavy (non-hydrogen) atoms. The molecular formula is C13H14F3NO2. The Morgan fingerprint density at radius 3 is 2.53 bits per heavy atom. The van der Waals surface area contributed by atoms with Crippen LogP contribution in [-0.4, -0.2) is 26.2 Å². The van der Waals surface area contributed by atoms with Gasteiger partial charge in [0, 0.05) is 12.7 Å². The van der Waals surface area contributed by atoms with Crippen molar-refractivity contribution in [3.8, 4) is 5.75 Å². The summed E-state index contributed by atoms with van der Waals surface area (Å²) in [7, 11) is 2.92. The SMILES string of the molecule is COc1ccc2c(c1)C(C)(CC(F)(F)F)C(=O)N2C. The normalized spacial score (nSPS) is 22.6. The minimum absolute atomic E-state index is 0.358. The molecule has 2 rings (SSSR count). The summed E-state index contributed by atoms with van der Waals surface area (Å²) in [5.41, 5.74) is -0.731. The molecule has 1 heterocycles. The molecule has 0 bridgehead atoms. The first-order valence-corrected chi connectivity index (χ1v) is 5.72. The van der Waals surface area contributed by atoms with Crippen LogP contribution in [0.25, 0.3) is 0 Å². The molecule has 1 atom stereocenters. The summed E-state index contributed by atoms with van der Waals surface area (Å²) < 4.78 is 43.2. The predicted molar refractivity (Wildman–Crippen MR) is 64.4 cm³/mol. The Bertz CT molecular complexity index is 527. The average molecular weight is 273 g/mol. The molecule has 0 fully saturated rings. The van der Waals surface area contributed by atoms with E-state index in [9.17, 15) is 18.0 Å². The molecule has 1 unspecified atom stereocenters. The lowest BCUT2D eigenvalue weighted by Gasteiger charge is -2.24. The van der Waals surface area contributed by atoms with E-state index in [1.165, 1.54) is 32.0 Å². The first-order chi connectivity index (χ1) is 8.69. The smallest absolute Gasteiger partial charge is 0.390 e. The molecule has 1 aliphatic rings. The van der Waals surface area contributed by atoms with E-state index in [1.54, 1.807) is 12.1 Å². The van der Waals surface area contributed by atoms with Crippen LogP contribution in [0.2, 0.25) is 0 Å². The van der Waals surface area contributed by atoms with Crippen molar-refractivity contribution < 1.29 is 22.7 Å². The number of amides is 1. The van der Waals surface area contributed by atoms with Crippen molar-refractivity contribution in [1.29, 1.82) is 0 Å². The van der Waals surface area contributed by atoms with Crippen LogP contribution in [0, 0.1) is 0 Å². The second-order valence-electron chi connectivity index (χ2n) is 4.87. The van der Waals surface area contributed by atoms with Crippen molar-refractivity contribution >= 4 is 11.6 Å². The molecular weight excluding hydrogens is 259 g/mol. The number of nitrogens with zero attached hydrogens (tertiary/aromatic N) is 1. The maximum absolute atomic E-state index is 12.7. The van der Waals surface area contributed by atoms with Crippen molar-refractivity contribution in [2.45, 2.75) is 24.9 Å². The molecule has 6 heteroatoms. The molecule has 0 saturated carbocycles. The zero-order chi connectivity index (χ0) is 14.4. The lowest BCUT2D eigenvalue weighted by Crippen LogP contribution is -2.39. The van der Waals surface area contributed by atoms with Crippen molar-refractivity contribution in [1.82, 2.24) is 0 Å². The van der Waals surface area contributed by atoms with E-state index in [0.29, 0.717) is 17.0 Å². The van der Waals surface area contributed by atoms with Gasteiger partial charge in [-0.25, -0.2) is 0 Å². The van der Waals surface area contributed by atoms with Gasteiger partial charge in [0.2, 0.25) is 5.91 Å². The molecule has 0 saturated heterocycles. The summed E-state index contributed by atoms with van der Waals surface area (Å²) in [5.74, 6) is -0.108. The molecule has 0 N–H and O–H groups in total. The number of hydrogen-bond donors (Lipinski definition) is 0. The number of carbonyl (C=O) groups excluding carboxylic acids is 1. The third kappa shape index (κ3) is 2.15. The summed E-state index contributed by atoms with van der Waals surface area (Å²) in [5, 5.41) is 0. The fraction of sp³-hybridized carbons (Fsp3) is 0.462. The molecule has 1 aliphatic heterocycles. The van der Waals surface area contributed by atoms with Crippen LogP contribution in [0.4, 0.5) is 18.9 Å². The molecule has 1 aromatic carbocycles. The van der Waals surface area contributed by atoms with Gasteiger partial charge >= 0.3 is 6.18 Å². The highest BCUT2D eigenvalue weighted by Gasteiger charge is 2.52. The van der Waals surface area contributed by atoms with E-state index < -0.39 is 23.9 Å². The Morgan fingerprint density at radius 1 is 1.37 bits per heavy atom. The number of fused-ring (bicyclic) bond motifs is 1. The highest BCUT2D eigenvalue weighted by Crippen LogP contribution is 2.47. The monoisotopic (exact) mass is 273 g/mol. The summed E-state index contributed by atoms with van der Waals surface area (Å²) in [6, 6.07) is 4.73. The van der Waals surface area contributed by atoms with Crippen LogP contribution in [0.5, 0.6) is 5.75 Å². The number of halogens is 3. The third-order valence-corrected chi connectivity index (χ3v) is 3.49. The second-order valence-corrected chi connectivity index (χ2v) is 4.87. The van der Waals surface area contributed by atoms with Gasteiger partial charge in [-0.1, -0.05) is 0 Å². The van der Waals surface area contributed by atoms with Crippen LogP contribution in [0.1, 0.15) is 18.9 Å². The highest BCUT2D eigenvalue weighted by atomic mass is 19.4. The molecule has 3 nitrogen and oxygen atoms in total. The number of hydrogen-bond acceptors (Lipinski definition) is 2. The molecule has 0 aromatic heterocycles. The number of ether oxygens (including phenoxy) is 1. The van der Waals surface area contributed by atoms with Crippen LogP contribution in [-0.2, 0) is 10.2 Å². The lowest BCUT2D eigenvalue weighted by atomic mass is 9.80. The summed E-state index contributed by atoms with van der Waals surface area (Å²) in [4.78, 5) is 13.4. The van der Waals surface area contributed by atoms with Crippen LogP contribution >= 0.6 is 0 Å². The molecule has 0 spiro atoms. The number of methoxy groups -OCH3 is 1. The zero-order valence-electron chi connectivity index (χ0n) is 10.8. The molecule has 104 valence electrons. The van der Waals surface area contributed by atoms with Crippen molar-refractivity contribution in [2.75, 3.05) is 19.1 Å². The number of benzene rings is 1. The number of carbonyl (C=O) groups is 1. The largest absolute Gasteiger partial charge is 0.497 e. The van der Waals surface area contributed by atoms with Crippen LogP contribution in [0.15, 0.2) is 18.2 Å². The minimum atomic E-state index is -4.41. The van der Waals surface area contributed by atoms with E-state index in [1.807, 2.05) is 0 Å². The van der Waals surface area contributed by atoms with Crippen molar-refractivity contribution in [3.63, 3.8) is 0 Å². The Kier molecular flexibility index (Phi) is 2.99. The van der Waals surface area contributed by atoms with Gasteiger partial charge in [-0.15, -0.1) is 0 Å². The number of likely N-dealkylation sites (N-methyl/N-ethyl adjacent to an activating group) is 1. The highest BCUT2D eigenvalue weighted by molar-refractivity contribution is 6.07. The lowest BCUT2D eigenvalue weighted by molar-refractivity contribution is -0.154. The van der Waals surface area contributed by atoms with Crippen molar-refractivity contribution in [2.24, 2.45) is 0 Å². The van der Waals surface area contributed by atoms with E-state index in [4.69, 9.17) is 4.74 Å². The number of rotatable bonds is 2. The van der Waals surface area contributed by atoms with Gasteiger partial charge in [-0.2, -0.15) is 13.2 Å². The molecule has 0 radical (unpaired) electrons. The van der Waals surface area contributed by atoms with Gasteiger partial charge in [0.15, 0.2) is 0 Å². The predicted octanol–water partition coefficient (Wildman–Crippen LogP) is 2.88. The fourth-order valence-electron chi connectivity index (χ4n) is 2.54. The Hall–Kier alpha value is -1.72. The van der Waals surface area contributed by atoms with Gasteiger partial charge in [0.05, 0.1) is 18.9 Å². The summed E-state index contributed by atoms with van der Waals surface area (Å²) in [6.45, 7) is 1.32. The topological polar surface area (TPSA) is 29.5 Å². The minimum Gasteiger partial charge on any atom is -0.497 e. The summed E-state index contributed by atoms with van der Waals surface area (Å²) in [6.07, 6.45) is -5.58. The molecule has 1 aromatic rings. The number of alkyl halides is 3. The number of anilines is 1. The third-order valence-electron chi connectivity index (χ3n) is 3.49. The van der Waals surface area contributed by atoms with E-state index in [-0.39, 0.29) is 0 Å². The van der Waals surface area contributed by atoms with Crippen molar-refractivity contribution in [3.05, 3.63) is 23.8 Å². The van der Waals surface area contributed by atoms with Crippen LogP contribution in [0.3, 0.4) is 0 Å². The Balaban J connectivity index is 2.56. The van der Waals surface area contributed by atoms with Crippen LogP contribution < -0.4 is 9.64 Å². The van der Waals surface area contributed by atoms with E-state index >= 15 is 0 Å². The zero-order valence-corrected chi connectivity index (χ0v) is 10.8. The van der Waals surface area contributed by atoms with Gasteiger partial charge in [0.1, 0.15) is 5.75 Å². The average Bonchev–Trinajstić information content (AvgIpc) is 2.49. The van der Waals surface area contributed by atoms with Gasteiger partial charge < -0.3 is 9.64 Å². The molecule has 1 amide bonds. The second kappa shape index (κ2) is 4.15. The first kappa shape index (κ1) is 13.7. The standard InChI is InChI=1S/C13H14F3NO2/c1-12(7-13(14,15)16)9-6-8(19-3)4-5-10(9)17(2)11(12)18/h4-6H,7H2,1-3H3. The molecule has 0 aliphatic carbocycles. The Morgan fingerprint density at radius 2 is 2.00 bits per heavy atom. The first-order valence-electron chi connectivity index (χ1n) is 5.72. The van der Waals surface area contributed by atoms with Gasteiger partial charge in [-0.05, 0) is 30.7 Å². The van der Waals surface area contributed by atoms with Gasteiger partial charge in [0.25, 0.3) is 0 Å².